The molecule has 27 heavy (non-hydrogen) atoms. The number of cyclic esters (lactones) is 1. The van der Waals surface area contributed by atoms with Crippen LogP contribution in [0.5, 0.6) is 0 Å². The molecule has 0 amide bonds. The first-order valence-corrected chi connectivity index (χ1v) is 9.86. The third-order valence-corrected chi connectivity index (χ3v) is 7.56. The van der Waals surface area contributed by atoms with Gasteiger partial charge in [0.2, 0.25) is 6.29 Å². The summed E-state index contributed by atoms with van der Waals surface area (Å²) in [6, 6.07) is 0. The van der Waals surface area contributed by atoms with Crippen LogP contribution >= 0.6 is 0 Å². The molecule has 0 aromatic carbocycles. The highest BCUT2D eigenvalue weighted by molar-refractivity contribution is 5.91. The number of aliphatic hydroxyl groups is 2. The molecule has 3 rings (SSSR count). The Bertz CT molecular complexity index is 668. The van der Waals surface area contributed by atoms with Gasteiger partial charge in [-0.2, -0.15) is 0 Å². The summed E-state index contributed by atoms with van der Waals surface area (Å²) in [6.45, 7) is 7.83. The minimum Gasteiger partial charge on any atom is -0.429 e. The number of carbonyl (C=O) groups is 2. The topological polar surface area (TPSA) is 93.1 Å². The van der Waals surface area contributed by atoms with Gasteiger partial charge < -0.3 is 19.7 Å². The molecule has 6 atom stereocenters. The van der Waals surface area contributed by atoms with Gasteiger partial charge in [0.1, 0.15) is 6.10 Å². The highest BCUT2D eigenvalue weighted by Crippen LogP contribution is 2.62. The third-order valence-electron chi connectivity index (χ3n) is 7.56. The molecule has 2 aliphatic carbocycles. The Morgan fingerprint density at radius 2 is 1.93 bits per heavy atom. The van der Waals surface area contributed by atoms with E-state index in [1.54, 1.807) is 13.0 Å². The fourth-order valence-electron chi connectivity index (χ4n) is 6.01. The molecule has 0 spiro atoms. The van der Waals surface area contributed by atoms with E-state index in [1.807, 2.05) is 6.92 Å². The number of ether oxygens (including phenoxy) is 2. The van der Waals surface area contributed by atoms with Crippen molar-refractivity contribution in [3.05, 3.63) is 11.6 Å². The maximum Gasteiger partial charge on any atom is 0.336 e. The average Bonchev–Trinajstić information content (AvgIpc) is 2.96. The zero-order chi connectivity index (χ0) is 20.2. The number of fused-ring (bicyclic) bond motifs is 1. The molecule has 2 fully saturated rings. The summed E-state index contributed by atoms with van der Waals surface area (Å²) in [5.74, 6) is -1.60. The van der Waals surface area contributed by atoms with E-state index in [-0.39, 0.29) is 11.2 Å². The van der Waals surface area contributed by atoms with Gasteiger partial charge in [-0.05, 0) is 37.2 Å². The van der Waals surface area contributed by atoms with Gasteiger partial charge in [-0.25, -0.2) is 4.79 Å². The summed E-state index contributed by atoms with van der Waals surface area (Å²) < 4.78 is 10.1. The van der Waals surface area contributed by atoms with Crippen LogP contribution in [0.1, 0.15) is 59.8 Å². The number of carbonyl (C=O) groups excluding carboxylic acids is 2. The molecule has 0 aromatic rings. The van der Waals surface area contributed by atoms with E-state index < -0.39 is 41.2 Å². The van der Waals surface area contributed by atoms with Crippen LogP contribution in [0.4, 0.5) is 0 Å². The summed E-state index contributed by atoms with van der Waals surface area (Å²) in [5.41, 5.74) is -1.71. The first-order chi connectivity index (χ1) is 12.5. The number of esters is 1. The molecule has 2 N–H and O–H groups in total. The first-order valence-electron chi connectivity index (χ1n) is 9.86. The van der Waals surface area contributed by atoms with Crippen molar-refractivity contribution in [1.29, 1.82) is 0 Å². The molecule has 6 heteroatoms. The number of rotatable bonds is 4. The van der Waals surface area contributed by atoms with Crippen molar-refractivity contribution in [3.8, 4) is 0 Å². The fourth-order valence-corrected chi connectivity index (χ4v) is 6.01. The minimum atomic E-state index is -1.25. The lowest BCUT2D eigenvalue weighted by atomic mass is 9.43. The Morgan fingerprint density at radius 1 is 1.26 bits per heavy atom. The van der Waals surface area contributed by atoms with Gasteiger partial charge >= 0.3 is 5.97 Å². The summed E-state index contributed by atoms with van der Waals surface area (Å²) >= 11 is 0. The van der Waals surface area contributed by atoms with Crippen LogP contribution in [0, 0.1) is 22.7 Å². The highest BCUT2D eigenvalue weighted by atomic mass is 16.7. The average molecular weight is 380 g/mol. The van der Waals surface area contributed by atoms with Crippen molar-refractivity contribution in [2.45, 2.75) is 77.8 Å². The molecule has 0 bridgehead atoms. The summed E-state index contributed by atoms with van der Waals surface area (Å²) in [7, 11) is 1.46. The van der Waals surface area contributed by atoms with Gasteiger partial charge in [0.15, 0.2) is 5.78 Å². The number of hydrogen-bond acceptors (Lipinski definition) is 6. The van der Waals surface area contributed by atoms with Gasteiger partial charge in [-0.3, -0.25) is 4.79 Å². The molecule has 2 saturated carbocycles. The second-order valence-electron chi connectivity index (χ2n) is 9.45. The van der Waals surface area contributed by atoms with Gasteiger partial charge in [-0.15, -0.1) is 0 Å². The number of hydrogen-bond donors (Lipinski definition) is 2. The monoisotopic (exact) mass is 380 g/mol. The Balaban J connectivity index is 1.93. The van der Waals surface area contributed by atoms with Crippen molar-refractivity contribution in [3.63, 3.8) is 0 Å². The predicted octanol–water partition coefficient (Wildman–Crippen LogP) is 2.37. The molecule has 0 saturated heterocycles. The van der Waals surface area contributed by atoms with Crippen molar-refractivity contribution in [2.75, 3.05) is 7.11 Å². The lowest BCUT2D eigenvalue weighted by Crippen LogP contribution is -2.69. The second-order valence-corrected chi connectivity index (χ2v) is 9.45. The first kappa shape index (κ1) is 20.5. The van der Waals surface area contributed by atoms with E-state index in [2.05, 4.69) is 13.8 Å². The standard InChI is InChI=1S/C21H32O6/c1-12-15(22)16(23)17-19(2,3)8-6-9-20(17,4)21(12,25)10-7-13-11-14(26-5)27-18(13)24/h11-12,14-15,17,22,25H,6-10H2,1-5H3/t12-,14?,15-,17+,20+,21-/m1/s1. The lowest BCUT2D eigenvalue weighted by molar-refractivity contribution is -0.229. The SMILES string of the molecule is COC1C=C(CC[C@@]2(O)[C@H](C)[C@@H](O)C(=O)[C@H]3C(C)(C)CCC[C@@]32C)C(=O)O1. The minimum absolute atomic E-state index is 0.154. The third kappa shape index (κ3) is 2.97. The summed E-state index contributed by atoms with van der Waals surface area (Å²) in [5, 5.41) is 22.5. The molecule has 3 aliphatic rings. The van der Waals surface area contributed by atoms with Crippen LogP contribution in [-0.4, -0.2) is 47.1 Å². The Kier molecular flexibility index (Phi) is 5.07. The quantitative estimate of drug-likeness (QED) is 0.728. The van der Waals surface area contributed by atoms with E-state index >= 15 is 0 Å². The second kappa shape index (κ2) is 6.68. The van der Waals surface area contributed by atoms with Crippen molar-refractivity contribution in [2.24, 2.45) is 22.7 Å². The van der Waals surface area contributed by atoms with Gasteiger partial charge in [0.05, 0.1) is 5.60 Å². The zero-order valence-corrected chi connectivity index (χ0v) is 16.9. The normalized spacial score (nSPS) is 43.9. The highest BCUT2D eigenvalue weighted by Gasteiger charge is 2.66. The van der Waals surface area contributed by atoms with E-state index in [4.69, 9.17) is 9.47 Å². The largest absolute Gasteiger partial charge is 0.429 e. The molecule has 1 aliphatic heterocycles. The molecule has 1 unspecified atom stereocenters. The number of aliphatic hydroxyl groups excluding tert-OH is 1. The van der Waals surface area contributed by atoms with Crippen molar-refractivity contribution >= 4 is 11.8 Å². The van der Waals surface area contributed by atoms with Crippen LogP contribution < -0.4 is 0 Å². The predicted molar refractivity (Wildman–Crippen MR) is 98.6 cm³/mol. The Morgan fingerprint density at radius 3 is 2.52 bits per heavy atom. The van der Waals surface area contributed by atoms with Gasteiger partial charge in [0.25, 0.3) is 0 Å². The smallest absolute Gasteiger partial charge is 0.336 e. The maximum atomic E-state index is 13.0. The Hall–Kier alpha value is -1.24. The van der Waals surface area contributed by atoms with Crippen LogP contribution in [0.3, 0.4) is 0 Å². The van der Waals surface area contributed by atoms with Crippen molar-refractivity contribution < 1.29 is 29.3 Å². The molecule has 6 nitrogen and oxygen atoms in total. The number of Topliss-reactive ketones (excluding diaryl/α,β-unsaturated/α-hetero) is 1. The fraction of sp³-hybridized carbons (Fsp3) is 0.810. The molecule has 1 heterocycles. The molecule has 0 radical (unpaired) electrons. The lowest BCUT2D eigenvalue weighted by Gasteiger charge is -2.63. The summed E-state index contributed by atoms with van der Waals surface area (Å²) in [6.07, 6.45) is 2.91. The van der Waals surface area contributed by atoms with E-state index in [0.717, 1.165) is 19.3 Å². The Labute approximate surface area is 160 Å². The van der Waals surface area contributed by atoms with Gasteiger partial charge in [-0.1, -0.05) is 34.1 Å². The molecular weight excluding hydrogens is 348 g/mol. The number of methoxy groups -OCH3 is 1. The van der Waals surface area contributed by atoms with E-state index in [0.29, 0.717) is 18.4 Å². The van der Waals surface area contributed by atoms with Crippen LogP contribution in [-0.2, 0) is 19.1 Å². The zero-order valence-electron chi connectivity index (χ0n) is 16.9. The van der Waals surface area contributed by atoms with E-state index in [1.165, 1.54) is 7.11 Å². The number of ketones is 1. The van der Waals surface area contributed by atoms with Crippen LogP contribution in [0.25, 0.3) is 0 Å². The van der Waals surface area contributed by atoms with Gasteiger partial charge in [0, 0.05) is 29.9 Å². The molecular formula is C21H32O6. The molecule has 152 valence electrons. The maximum absolute atomic E-state index is 13.0. The van der Waals surface area contributed by atoms with Crippen LogP contribution in [0.15, 0.2) is 11.6 Å². The van der Waals surface area contributed by atoms with Crippen molar-refractivity contribution in [1.82, 2.24) is 0 Å². The summed E-state index contributed by atoms with van der Waals surface area (Å²) in [4.78, 5) is 25.0. The molecule has 0 aromatic heterocycles. The van der Waals surface area contributed by atoms with E-state index in [9.17, 15) is 19.8 Å². The van der Waals surface area contributed by atoms with Crippen LogP contribution in [0.2, 0.25) is 0 Å².